The number of esters is 2. The topological polar surface area (TPSA) is 136 Å². The largest absolute Gasteiger partial charge is 0.490 e. The molecular formula is C76H108Cl2N2O10Si2. The van der Waals surface area contributed by atoms with Crippen LogP contribution < -0.4 is 19.3 Å². The first kappa shape index (κ1) is 69.2. The molecule has 6 aliphatic carbocycles. The molecule has 16 heteroatoms. The van der Waals surface area contributed by atoms with Gasteiger partial charge in [0.05, 0.1) is 74.4 Å². The van der Waals surface area contributed by atoms with Crippen molar-refractivity contribution in [2.24, 2.45) is 35.5 Å². The second-order valence-electron chi connectivity index (χ2n) is 32.4. The molecule has 2 heterocycles. The van der Waals surface area contributed by atoms with Crippen LogP contribution in [0.3, 0.4) is 0 Å². The summed E-state index contributed by atoms with van der Waals surface area (Å²) in [6, 6.07) is 24.2. The fourth-order valence-corrected chi connectivity index (χ4v) is 20.1. The number of hydrogen-bond acceptors (Lipinski definition) is 12. The molecule has 504 valence electrons. The molecule has 2 aliphatic heterocycles. The number of halogens is 2. The lowest BCUT2D eigenvalue weighted by atomic mass is 9.65. The molecule has 0 aromatic heterocycles. The summed E-state index contributed by atoms with van der Waals surface area (Å²) in [5, 5.41) is 23.3. The predicted molar refractivity (Wildman–Crippen MR) is 376 cm³/mol. The van der Waals surface area contributed by atoms with Crippen LogP contribution >= 0.6 is 23.2 Å². The Bertz CT molecular complexity index is 3060. The summed E-state index contributed by atoms with van der Waals surface area (Å²) in [5.41, 5.74) is 8.02. The van der Waals surface area contributed by atoms with E-state index in [1.165, 1.54) is 36.5 Å². The number of methoxy groups -OCH3 is 2. The Labute approximate surface area is 562 Å². The van der Waals surface area contributed by atoms with Crippen molar-refractivity contribution in [3.8, 4) is 11.5 Å². The van der Waals surface area contributed by atoms with Gasteiger partial charge in [-0.3, -0.25) is 0 Å². The van der Waals surface area contributed by atoms with Crippen LogP contribution in [0.15, 0.2) is 72.8 Å². The molecule has 92 heavy (non-hydrogen) atoms. The van der Waals surface area contributed by atoms with E-state index in [9.17, 15) is 19.8 Å². The van der Waals surface area contributed by atoms with Gasteiger partial charge in [-0.25, -0.2) is 9.59 Å². The molecule has 4 aromatic rings. The zero-order valence-corrected chi connectivity index (χ0v) is 61.0. The molecule has 4 aromatic carbocycles. The van der Waals surface area contributed by atoms with E-state index in [0.29, 0.717) is 59.8 Å². The van der Waals surface area contributed by atoms with Crippen molar-refractivity contribution in [3.63, 3.8) is 0 Å². The third-order valence-electron chi connectivity index (χ3n) is 24.4. The number of hydrogen-bond donors (Lipinski definition) is 2. The maximum atomic E-state index is 12.7. The molecule has 4 saturated carbocycles. The Morgan fingerprint density at radius 1 is 0.565 bits per heavy atom. The zero-order chi connectivity index (χ0) is 65.7. The Morgan fingerprint density at radius 2 is 0.967 bits per heavy atom. The third-order valence-corrected chi connectivity index (χ3v) is 33.8. The standard InChI is InChI=1S/2C38H54ClNO5Si/c2*1-37(2,3)46(5,6)45-35(26-9-7-11-30(41)20-26)31-15-12-28(31)22-40-23-38(18-8-10-25-19-29(39)14-16-32(25)38)24-44-34-17-13-27(21-33(34)40)36(42)43-4/h2*13-14,16-17,19,21,26,28,30-31,35,41H,7-12,15,18,20,22-24H2,1-6H3/t26-,28+,30+,31-,35-,38+;26-,28+,30-,31-,35-,38+/m11/s1. The number of carbonyl (C=O) groups excluding carboxylic acids is 2. The second kappa shape index (κ2) is 27.8. The number of rotatable bonds is 14. The number of aliphatic hydroxyl groups is 2. The third kappa shape index (κ3) is 14.6. The summed E-state index contributed by atoms with van der Waals surface area (Å²) < 4.78 is 38.3. The van der Waals surface area contributed by atoms with Gasteiger partial charge in [0.15, 0.2) is 16.6 Å². The van der Waals surface area contributed by atoms with Crippen molar-refractivity contribution in [2.75, 3.05) is 63.4 Å². The molecule has 2 spiro atoms. The highest BCUT2D eigenvalue weighted by Gasteiger charge is 2.52. The van der Waals surface area contributed by atoms with Gasteiger partial charge in [0.25, 0.3) is 0 Å². The van der Waals surface area contributed by atoms with E-state index in [1.807, 2.05) is 48.5 Å². The van der Waals surface area contributed by atoms with Crippen molar-refractivity contribution in [1.29, 1.82) is 0 Å². The Hall–Kier alpha value is -4.13. The van der Waals surface area contributed by atoms with Gasteiger partial charge in [0.2, 0.25) is 0 Å². The highest BCUT2D eigenvalue weighted by Crippen LogP contribution is 2.54. The lowest BCUT2D eigenvalue weighted by Crippen LogP contribution is -2.54. The van der Waals surface area contributed by atoms with E-state index in [-0.39, 0.29) is 57.3 Å². The summed E-state index contributed by atoms with van der Waals surface area (Å²) in [7, 11) is -1.22. The molecule has 8 aliphatic rings. The molecule has 0 bridgehead atoms. The lowest BCUT2D eigenvalue weighted by molar-refractivity contribution is -0.0409. The van der Waals surface area contributed by atoms with Gasteiger partial charge < -0.3 is 47.8 Å². The van der Waals surface area contributed by atoms with Crippen LogP contribution in [0.1, 0.15) is 187 Å². The number of aryl methyl sites for hydroxylation is 2. The van der Waals surface area contributed by atoms with Gasteiger partial charge in [0.1, 0.15) is 11.5 Å². The van der Waals surface area contributed by atoms with Gasteiger partial charge in [-0.1, -0.05) is 89.7 Å². The minimum absolute atomic E-state index is 0.118. The number of carbonyl (C=O) groups is 2. The average molecular weight is 1340 g/mol. The SMILES string of the molecule is COC(=O)c1ccc2c(c1)N(C[C@@H]1CC[C@H]1[C@H](O[Si](C)(C)C(C)(C)C)[C@@H]1CCC[C@@H](O)C1)C[C@@]1(CCCc3cc(Cl)ccc31)CO2.COC(=O)c1ccc2c(c1)N(C[C@@H]1CC[C@H]1[C@H](O[Si](C)(C)C(C)(C)C)[C@@H]1CCC[C@H](O)C1)C[C@@]1(CCCc3cc(Cl)ccc31)CO2. The maximum Gasteiger partial charge on any atom is 0.337 e. The number of nitrogens with zero attached hydrogens (tertiary/aromatic N) is 2. The minimum atomic E-state index is -2.04. The predicted octanol–water partition coefficient (Wildman–Crippen LogP) is 17.1. The van der Waals surface area contributed by atoms with E-state index in [1.54, 1.807) is 0 Å². The van der Waals surface area contributed by atoms with Crippen molar-refractivity contribution in [1.82, 2.24) is 0 Å². The van der Waals surface area contributed by atoms with Gasteiger partial charge in [0, 0.05) is 47.1 Å². The summed E-state index contributed by atoms with van der Waals surface area (Å²) in [5.74, 6) is 3.54. The van der Waals surface area contributed by atoms with Crippen molar-refractivity contribution >= 4 is 63.2 Å². The van der Waals surface area contributed by atoms with Crippen molar-refractivity contribution < 1.29 is 47.6 Å². The monoisotopic (exact) mass is 1330 g/mol. The highest BCUT2D eigenvalue weighted by molar-refractivity contribution is 6.74. The zero-order valence-electron chi connectivity index (χ0n) is 57.5. The summed E-state index contributed by atoms with van der Waals surface area (Å²) >= 11 is 13.0. The van der Waals surface area contributed by atoms with Gasteiger partial charge in [-0.2, -0.15) is 0 Å². The van der Waals surface area contributed by atoms with Gasteiger partial charge in [-0.15, -0.1) is 0 Å². The highest BCUT2D eigenvalue weighted by atomic mass is 35.5. The van der Waals surface area contributed by atoms with Crippen LogP contribution in [0.25, 0.3) is 0 Å². The van der Waals surface area contributed by atoms with Crippen LogP contribution in [0.4, 0.5) is 11.4 Å². The molecule has 0 unspecified atom stereocenters. The van der Waals surface area contributed by atoms with Crippen LogP contribution in [-0.2, 0) is 42.0 Å². The number of fused-ring (bicyclic) bond motifs is 6. The fraction of sp³-hybridized carbons (Fsp3) is 0.658. The number of aliphatic hydroxyl groups excluding tert-OH is 2. The van der Waals surface area contributed by atoms with Crippen LogP contribution in [0, 0.1) is 35.5 Å². The maximum absolute atomic E-state index is 12.7. The summed E-state index contributed by atoms with van der Waals surface area (Å²) in [4.78, 5) is 30.4. The first-order chi connectivity index (χ1) is 43.6. The van der Waals surface area contributed by atoms with Crippen molar-refractivity contribution in [3.05, 3.63) is 116 Å². The Balaban J connectivity index is 0.000000188. The number of benzene rings is 4. The first-order valence-electron chi connectivity index (χ1n) is 35.1. The van der Waals surface area contributed by atoms with Crippen LogP contribution in [0.2, 0.25) is 46.3 Å². The van der Waals surface area contributed by atoms with E-state index in [0.717, 1.165) is 175 Å². The lowest BCUT2D eigenvalue weighted by Gasteiger charge is -2.52. The molecule has 0 saturated heterocycles. The van der Waals surface area contributed by atoms with Gasteiger partial charge in [-0.05, 0) is 257 Å². The van der Waals surface area contributed by atoms with E-state index in [2.05, 4.69) is 102 Å². The number of anilines is 2. The quantitative estimate of drug-likeness (QED) is 0.0919. The molecule has 12 atom stereocenters. The molecule has 2 N–H and O–H groups in total. The molecule has 12 nitrogen and oxygen atoms in total. The molecule has 12 rings (SSSR count). The molecule has 4 fully saturated rings. The summed E-state index contributed by atoms with van der Waals surface area (Å²) in [6.07, 6.45) is 18.7. The average Bonchev–Trinajstić information content (AvgIpc) is 1.53. The van der Waals surface area contributed by atoms with Crippen LogP contribution in [-0.4, -0.2) is 117 Å². The number of ether oxygens (including phenoxy) is 4. The van der Waals surface area contributed by atoms with E-state index >= 15 is 0 Å². The van der Waals surface area contributed by atoms with Crippen molar-refractivity contribution in [2.45, 2.75) is 229 Å². The first-order valence-corrected chi connectivity index (χ1v) is 41.7. The van der Waals surface area contributed by atoms with E-state index < -0.39 is 16.6 Å². The van der Waals surface area contributed by atoms with Gasteiger partial charge >= 0.3 is 11.9 Å². The minimum Gasteiger partial charge on any atom is -0.490 e. The Morgan fingerprint density at radius 3 is 1.32 bits per heavy atom. The Kier molecular flexibility index (Phi) is 20.9. The smallest absolute Gasteiger partial charge is 0.337 e. The van der Waals surface area contributed by atoms with Crippen LogP contribution in [0.5, 0.6) is 11.5 Å². The summed E-state index contributed by atoms with van der Waals surface area (Å²) in [6.45, 7) is 28.0. The normalized spacial score (nSPS) is 28.7. The molecule has 0 amide bonds. The fourth-order valence-electron chi connectivity index (χ4n) is 16.9. The molecular weight excluding hydrogens is 1230 g/mol. The van der Waals surface area contributed by atoms with E-state index in [4.69, 9.17) is 51.0 Å². The second-order valence-corrected chi connectivity index (χ2v) is 42.8. The molecule has 0 radical (unpaired) electrons.